The molecule has 2 heterocycles. The standard InChI is InChI=1S/C11H16N4O2S2/c1-3-6(4-2)15-8(16)5-7(9(15)17)18-11-14-13-10(12)19-11/h6-7H,3-5H2,1-2H3,(H2,12,13). The van der Waals surface area contributed by atoms with Gasteiger partial charge < -0.3 is 5.73 Å². The highest BCUT2D eigenvalue weighted by Crippen LogP contribution is 2.34. The molecule has 2 rings (SSSR count). The van der Waals surface area contributed by atoms with E-state index < -0.39 is 0 Å². The first-order valence-corrected chi connectivity index (χ1v) is 7.87. The van der Waals surface area contributed by atoms with Crippen molar-refractivity contribution in [2.75, 3.05) is 5.73 Å². The number of nitrogen functional groups attached to an aromatic ring is 1. The van der Waals surface area contributed by atoms with Crippen LogP contribution in [0.15, 0.2) is 4.34 Å². The second-order valence-electron chi connectivity index (χ2n) is 4.29. The second-order valence-corrected chi connectivity index (χ2v) is 6.75. The minimum Gasteiger partial charge on any atom is -0.374 e. The SMILES string of the molecule is CCC(CC)N1C(=O)CC(Sc2nnc(N)s2)C1=O. The number of aromatic nitrogens is 2. The average molecular weight is 300 g/mol. The van der Waals surface area contributed by atoms with Crippen molar-refractivity contribution in [3.05, 3.63) is 0 Å². The van der Waals surface area contributed by atoms with E-state index >= 15 is 0 Å². The van der Waals surface area contributed by atoms with Gasteiger partial charge in [0.2, 0.25) is 16.9 Å². The number of thioether (sulfide) groups is 1. The Bertz CT molecular complexity index is 487. The molecule has 1 unspecified atom stereocenters. The van der Waals surface area contributed by atoms with E-state index in [0.717, 1.165) is 12.8 Å². The lowest BCUT2D eigenvalue weighted by Crippen LogP contribution is -2.40. The summed E-state index contributed by atoms with van der Waals surface area (Å²) in [5, 5.41) is 7.56. The van der Waals surface area contributed by atoms with Gasteiger partial charge in [0.05, 0.1) is 5.25 Å². The minimum absolute atomic E-state index is 0.00471. The number of hydrogen-bond acceptors (Lipinski definition) is 7. The minimum atomic E-state index is -0.388. The van der Waals surface area contributed by atoms with Crippen molar-refractivity contribution in [3.63, 3.8) is 0 Å². The molecule has 104 valence electrons. The molecule has 6 nitrogen and oxygen atoms in total. The summed E-state index contributed by atoms with van der Waals surface area (Å²) in [4.78, 5) is 25.7. The van der Waals surface area contributed by atoms with Crippen LogP contribution in [0.25, 0.3) is 0 Å². The molecule has 0 aromatic carbocycles. The first kappa shape index (κ1) is 14.3. The van der Waals surface area contributed by atoms with Crippen LogP contribution in [0.2, 0.25) is 0 Å². The van der Waals surface area contributed by atoms with Crippen LogP contribution in [0.1, 0.15) is 33.1 Å². The quantitative estimate of drug-likeness (QED) is 0.829. The van der Waals surface area contributed by atoms with Crippen LogP contribution in [0.3, 0.4) is 0 Å². The number of amides is 2. The summed E-state index contributed by atoms with van der Waals surface area (Å²) in [5.74, 6) is -0.203. The maximum Gasteiger partial charge on any atom is 0.243 e. The van der Waals surface area contributed by atoms with E-state index in [0.29, 0.717) is 9.47 Å². The van der Waals surface area contributed by atoms with Crippen molar-refractivity contribution in [2.24, 2.45) is 0 Å². The fourth-order valence-corrected chi connectivity index (χ4v) is 4.05. The molecule has 8 heteroatoms. The number of likely N-dealkylation sites (tertiary alicyclic amines) is 1. The van der Waals surface area contributed by atoms with Crippen molar-refractivity contribution >= 4 is 40.0 Å². The van der Waals surface area contributed by atoms with E-state index in [1.165, 1.54) is 28.0 Å². The molecule has 1 aromatic heterocycles. The van der Waals surface area contributed by atoms with E-state index in [2.05, 4.69) is 10.2 Å². The molecule has 1 fully saturated rings. The molecule has 0 aliphatic carbocycles. The Kier molecular flexibility index (Phi) is 4.41. The summed E-state index contributed by atoms with van der Waals surface area (Å²) in [6, 6.07) is 0.00471. The largest absolute Gasteiger partial charge is 0.374 e. The molecule has 19 heavy (non-hydrogen) atoms. The fourth-order valence-electron chi connectivity index (χ4n) is 2.14. The second kappa shape index (κ2) is 5.87. The third kappa shape index (κ3) is 2.89. The van der Waals surface area contributed by atoms with Gasteiger partial charge in [-0.05, 0) is 12.8 Å². The highest BCUT2D eigenvalue weighted by molar-refractivity contribution is 8.02. The number of carbonyl (C=O) groups is 2. The van der Waals surface area contributed by atoms with Gasteiger partial charge in [0.25, 0.3) is 0 Å². The zero-order valence-corrected chi connectivity index (χ0v) is 12.5. The number of anilines is 1. The molecule has 0 saturated carbocycles. The van der Waals surface area contributed by atoms with Crippen LogP contribution in [0, 0.1) is 0 Å². The number of nitrogens with two attached hydrogens (primary N) is 1. The highest BCUT2D eigenvalue weighted by atomic mass is 32.2. The number of imide groups is 1. The van der Waals surface area contributed by atoms with Gasteiger partial charge in [-0.2, -0.15) is 0 Å². The Hall–Kier alpha value is -1.15. The van der Waals surface area contributed by atoms with Crippen LogP contribution < -0.4 is 5.73 Å². The molecule has 1 aliphatic heterocycles. The summed E-state index contributed by atoms with van der Waals surface area (Å²) in [6.07, 6.45) is 1.81. The zero-order chi connectivity index (χ0) is 14.0. The molecule has 2 N–H and O–H groups in total. The fraction of sp³-hybridized carbons (Fsp3) is 0.636. The lowest BCUT2D eigenvalue weighted by atomic mass is 10.1. The van der Waals surface area contributed by atoms with Crippen LogP contribution in [0.4, 0.5) is 5.13 Å². The lowest BCUT2D eigenvalue weighted by molar-refractivity contribution is -0.141. The van der Waals surface area contributed by atoms with Gasteiger partial charge in [-0.15, -0.1) is 10.2 Å². The van der Waals surface area contributed by atoms with E-state index in [4.69, 9.17) is 5.73 Å². The van der Waals surface area contributed by atoms with E-state index in [9.17, 15) is 9.59 Å². The molecular weight excluding hydrogens is 284 g/mol. The van der Waals surface area contributed by atoms with Gasteiger partial charge in [-0.25, -0.2) is 0 Å². The maximum atomic E-state index is 12.3. The first-order valence-electron chi connectivity index (χ1n) is 6.18. The molecule has 0 radical (unpaired) electrons. The first-order chi connectivity index (χ1) is 9.06. The lowest BCUT2D eigenvalue weighted by Gasteiger charge is -2.24. The summed E-state index contributed by atoms with van der Waals surface area (Å²) in [5.41, 5.74) is 5.50. The maximum absolute atomic E-state index is 12.3. The van der Waals surface area contributed by atoms with Gasteiger partial charge in [-0.3, -0.25) is 14.5 Å². The molecule has 1 aromatic rings. The number of rotatable bonds is 5. The van der Waals surface area contributed by atoms with Crippen LogP contribution in [-0.4, -0.2) is 38.2 Å². The van der Waals surface area contributed by atoms with Crippen molar-refractivity contribution in [2.45, 2.75) is 48.7 Å². The summed E-state index contributed by atoms with van der Waals surface area (Å²) in [7, 11) is 0. The number of carbonyl (C=O) groups excluding carboxylic acids is 2. The summed E-state index contributed by atoms with van der Waals surface area (Å²) < 4.78 is 0.634. The van der Waals surface area contributed by atoms with Gasteiger partial charge in [-0.1, -0.05) is 36.9 Å². The van der Waals surface area contributed by atoms with Crippen LogP contribution >= 0.6 is 23.1 Å². The zero-order valence-electron chi connectivity index (χ0n) is 10.8. The third-order valence-corrected chi connectivity index (χ3v) is 5.14. The molecule has 2 amide bonds. The summed E-state index contributed by atoms with van der Waals surface area (Å²) >= 11 is 2.51. The Labute approximate surface area is 119 Å². The predicted molar refractivity (Wildman–Crippen MR) is 74.8 cm³/mol. The Morgan fingerprint density at radius 1 is 1.42 bits per heavy atom. The molecule has 0 bridgehead atoms. The molecule has 1 aliphatic rings. The Morgan fingerprint density at radius 2 is 2.11 bits per heavy atom. The molecular formula is C11H16N4O2S2. The van der Waals surface area contributed by atoms with E-state index in [1.54, 1.807) is 0 Å². The smallest absolute Gasteiger partial charge is 0.243 e. The van der Waals surface area contributed by atoms with Gasteiger partial charge in [0, 0.05) is 12.5 Å². The Balaban J connectivity index is 2.09. The molecule has 0 spiro atoms. The number of nitrogens with zero attached hydrogens (tertiary/aromatic N) is 3. The monoisotopic (exact) mass is 300 g/mol. The van der Waals surface area contributed by atoms with Crippen LogP contribution in [-0.2, 0) is 9.59 Å². The van der Waals surface area contributed by atoms with Gasteiger partial charge in [0.1, 0.15) is 0 Å². The molecule has 1 saturated heterocycles. The Morgan fingerprint density at radius 3 is 2.63 bits per heavy atom. The molecule has 1 atom stereocenters. The van der Waals surface area contributed by atoms with Gasteiger partial charge in [0.15, 0.2) is 4.34 Å². The van der Waals surface area contributed by atoms with Crippen molar-refractivity contribution < 1.29 is 9.59 Å². The van der Waals surface area contributed by atoms with Crippen molar-refractivity contribution in [3.8, 4) is 0 Å². The van der Waals surface area contributed by atoms with Gasteiger partial charge >= 0.3 is 0 Å². The van der Waals surface area contributed by atoms with Crippen LogP contribution in [0.5, 0.6) is 0 Å². The third-order valence-electron chi connectivity index (χ3n) is 3.11. The van der Waals surface area contributed by atoms with Crippen molar-refractivity contribution in [1.29, 1.82) is 0 Å². The normalized spacial score (nSPS) is 19.7. The van der Waals surface area contributed by atoms with E-state index in [-0.39, 0.29) is 29.5 Å². The highest BCUT2D eigenvalue weighted by Gasteiger charge is 2.42. The number of hydrogen-bond donors (Lipinski definition) is 1. The average Bonchev–Trinajstić information content (AvgIpc) is 2.89. The topological polar surface area (TPSA) is 89.2 Å². The predicted octanol–water partition coefficient (Wildman–Crippen LogP) is 1.53. The summed E-state index contributed by atoms with van der Waals surface area (Å²) in [6.45, 7) is 3.97. The van der Waals surface area contributed by atoms with E-state index in [1.807, 2.05) is 13.8 Å². The van der Waals surface area contributed by atoms with Crippen molar-refractivity contribution in [1.82, 2.24) is 15.1 Å².